The zero-order valence-corrected chi connectivity index (χ0v) is 16.1. The van der Waals surface area contributed by atoms with E-state index in [4.69, 9.17) is 5.73 Å². The second-order valence-corrected chi connectivity index (χ2v) is 6.58. The maximum absolute atomic E-state index is 12.4. The third kappa shape index (κ3) is 5.40. The summed E-state index contributed by atoms with van der Waals surface area (Å²) in [5.74, 6) is 0.478. The number of anilines is 2. The number of hydrogen-bond acceptors (Lipinski definition) is 5. The number of nitrogens with one attached hydrogen (secondary N) is 2. The van der Waals surface area contributed by atoms with Crippen molar-refractivity contribution in [3.63, 3.8) is 0 Å². The maximum atomic E-state index is 12.4. The maximum Gasteiger partial charge on any atom is 0.573 e. The molecule has 11 heteroatoms. The summed E-state index contributed by atoms with van der Waals surface area (Å²) in [4.78, 5) is 15.4. The van der Waals surface area contributed by atoms with Gasteiger partial charge in [-0.1, -0.05) is 0 Å². The minimum absolute atomic E-state index is 0.0378. The zero-order chi connectivity index (χ0) is 21.9. The first-order valence-corrected chi connectivity index (χ1v) is 8.87. The second-order valence-electron chi connectivity index (χ2n) is 6.58. The van der Waals surface area contributed by atoms with Gasteiger partial charge in [0.05, 0.1) is 5.69 Å². The van der Waals surface area contributed by atoms with Gasteiger partial charge in [-0.25, -0.2) is 4.79 Å². The summed E-state index contributed by atoms with van der Waals surface area (Å²) in [5, 5.41) is 10.1. The van der Waals surface area contributed by atoms with E-state index in [0.29, 0.717) is 28.7 Å². The predicted octanol–water partition coefficient (Wildman–Crippen LogP) is 4.14. The van der Waals surface area contributed by atoms with Gasteiger partial charge in [0.15, 0.2) is 5.82 Å². The molecule has 30 heavy (non-hydrogen) atoms. The number of halogens is 3. The fraction of sp³-hybridized carbons (Fsp3) is 0.211. The first kappa shape index (κ1) is 21.0. The molecule has 0 saturated heterocycles. The minimum atomic E-state index is -4.76. The molecule has 0 bridgehead atoms. The standard InChI is InChI=1S/C19H19F3N6O2/c1-11(2)24-18-26-16(12-3-5-13(6-4-12)25-17(23)29)27-28(18)14-7-9-15(10-8-14)30-19(20,21)22/h3-11H,1-2H3,(H3,23,25,29)(H,24,26,27). The highest BCUT2D eigenvalue weighted by molar-refractivity contribution is 5.88. The Balaban J connectivity index is 1.92. The molecule has 1 heterocycles. The number of amides is 2. The summed E-state index contributed by atoms with van der Waals surface area (Å²) in [6.07, 6.45) is -4.76. The van der Waals surface area contributed by atoms with E-state index in [1.54, 1.807) is 24.3 Å². The molecule has 0 fully saturated rings. The molecule has 0 aliphatic heterocycles. The van der Waals surface area contributed by atoms with Gasteiger partial charge < -0.3 is 21.1 Å². The lowest BCUT2D eigenvalue weighted by Gasteiger charge is -2.12. The fourth-order valence-electron chi connectivity index (χ4n) is 2.60. The highest BCUT2D eigenvalue weighted by Crippen LogP contribution is 2.26. The summed E-state index contributed by atoms with van der Waals surface area (Å²) < 4.78 is 42.5. The van der Waals surface area contributed by atoms with Crippen molar-refractivity contribution in [3.05, 3.63) is 48.5 Å². The van der Waals surface area contributed by atoms with Crippen LogP contribution in [-0.4, -0.2) is 33.2 Å². The SMILES string of the molecule is CC(C)Nc1nc(-c2ccc(NC(N)=O)cc2)nn1-c1ccc(OC(F)(F)F)cc1. The van der Waals surface area contributed by atoms with E-state index in [-0.39, 0.29) is 11.8 Å². The molecule has 4 N–H and O–H groups in total. The number of aromatic nitrogens is 3. The predicted molar refractivity (Wildman–Crippen MR) is 105 cm³/mol. The van der Waals surface area contributed by atoms with E-state index < -0.39 is 12.4 Å². The molecule has 158 valence electrons. The number of urea groups is 1. The van der Waals surface area contributed by atoms with Gasteiger partial charge in [0, 0.05) is 17.3 Å². The number of ether oxygens (including phenoxy) is 1. The molecule has 0 aliphatic rings. The van der Waals surface area contributed by atoms with Crippen LogP contribution in [0.25, 0.3) is 17.1 Å². The lowest BCUT2D eigenvalue weighted by atomic mass is 10.2. The van der Waals surface area contributed by atoms with E-state index in [1.807, 2.05) is 13.8 Å². The van der Waals surface area contributed by atoms with Gasteiger partial charge in [-0.15, -0.1) is 18.3 Å². The van der Waals surface area contributed by atoms with Gasteiger partial charge in [0.25, 0.3) is 0 Å². The summed E-state index contributed by atoms with van der Waals surface area (Å²) in [6.45, 7) is 3.84. The Morgan fingerprint density at radius 3 is 2.27 bits per heavy atom. The molecular weight excluding hydrogens is 401 g/mol. The monoisotopic (exact) mass is 420 g/mol. The Labute approximate surface area is 169 Å². The van der Waals surface area contributed by atoms with Gasteiger partial charge in [0.1, 0.15) is 5.75 Å². The first-order chi connectivity index (χ1) is 14.1. The van der Waals surface area contributed by atoms with E-state index in [1.165, 1.54) is 28.9 Å². The number of rotatable bonds is 6. The van der Waals surface area contributed by atoms with Gasteiger partial charge in [-0.05, 0) is 62.4 Å². The highest BCUT2D eigenvalue weighted by Gasteiger charge is 2.31. The van der Waals surface area contributed by atoms with Crippen molar-refractivity contribution in [2.75, 3.05) is 10.6 Å². The number of hydrogen-bond donors (Lipinski definition) is 3. The molecule has 0 atom stereocenters. The van der Waals surface area contributed by atoms with E-state index in [0.717, 1.165) is 0 Å². The molecule has 1 aromatic heterocycles. The molecule has 8 nitrogen and oxygen atoms in total. The Hall–Kier alpha value is -3.76. The highest BCUT2D eigenvalue weighted by atomic mass is 19.4. The Bertz CT molecular complexity index is 1010. The van der Waals surface area contributed by atoms with Crippen molar-refractivity contribution in [2.45, 2.75) is 26.3 Å². The molecule has 2 amide bonds. The molecule has 3 rings (SSSR count). The van der Waals surface area contributed by atoms with Crippen molar-refractivity contribution in [3.8, 4) is 22.8 Å². The number of carbonyl (C=O) groups excluding carboxylic acids is 1. The van der Waals surface area contributed by atoms with Crippen LogP contribution in [0, 0.1) is 0 Å². The third-order valence-corrected chi connectivity index (χ3v) is 3.75. The number of primary amides is 1. The van der Waals surface area contributed by atoms with Crippen LogP contribution < -0.4 is 21.1 Å². The van der Waals surface area contributed by atoms with Gasteiger partial charge in [-0.2, -0.15) is 9.67 Å². The molecule has 0 saturated carbocycles. The number of benzene rings is 2. The Morgan fingerprint density at radius 1 is 1.10 bits per heavy atom. The van der Waals surface area contributed by atoms with Gasteiger partial charge >= 0.3 is 12.4 Å². The van der Waals surface area contributed by atoms with Crippen molar-refractivity contribution < 1.29 is 22.7 Å². The minimum Gasteiger partial charge on any atom is -0.406 e. The van der Waals surface area contributed by atoms with Crippen molar-refractivity contribution in [1.82, 2.24) is 14.8 Å². The van der Waals surface area contributed by atoms with Crippen LogP contribution in [0.2, 0.25) is 0 Å². The topological polar surface area (TPSA) is 107 Å². The molecule has 0 aliphatic carbocycles. The summed E-state index contributed by atoms with van der Waals surface area (Å²) in [6, 6.07) is 11.4. The smallest absolute Gasteiger partial charge is 0.406 e. The van der Waals surface area contributed by atoms with Crippen LogP contribution in [0.1, 0.15) is 13.8 Å². The van der Waals surface area contributed by atoms with Gasteiger partial charge in [0.2, 0.25) is 5.95 Å². The van der Waals surface area contributed by atoms with E-state index in [2.05, 4.69) is 25.5 Å². The quantitative estimate of drug-likeness (QED) is 0.556. The molecule has 3 aromatic rings. The van der Waals surface area contributed by atoms with Crippen molar-refractivity contribution >= 4 is 17.7 Å². The van der Waals surface area contributed by atoms with Crippen LogP contribution in [0.5, 0.6) is 5.75 Å². The second kappa shape index (κ2) is 8.31. The average molecular weight is 420 g/mol. The summed E-state index contributed by atoms with van der Waals surface area (Å²) in [5.41, 5.74) is 6.79. The number of nitrogens with zero attached hydrogens (tertiary/aromatic N) is 3. The van der Waals surface area contributed by atoms with E-state index >= 15 is 0 Å². The molecular formula is C19H19F3N6O2. The summed E-state index contributed by atoms with van der Waals surface area (Å²) in [7, 11) is 0. The summed E-state index contributed by atoms with van der Waals surface area (Å²) >= 11 is 0. The Kier molecular flexibility index (Phi) is 5.81. The molecule has 0 radical (unpaired) electrons. The average Bonchev–Trinajstić information content (AvgIpc) is 3.04. The largest absolute Gasteiger partial charge is 0.573 e. The van der Waals surface area contributed by atoms with Crippen LogP contribution in [0.15, 0.2) is 48.5 Å². The van der Waals surface area contributed by atoms with E-state index in [9.17, 15) is 18.0 Å². The van der Waals surface area contributed by atoms with Crippen molar-refractivity contribution in [1.29, 1.82) is 0 Å². The number of nitrogens with two attached hydrogens (primary N) is 1. The van der Waals surface area contributed by atoms with Crippen LogP contribution in [-0.2, 0) is 0 Å². The number of carbonyl (C=O) groups is 1. The van der Waals surface area contributed by atoms with Crippen molar-refractivity contribution in [2.24, 2.45) is 5.73 Å². The molecule has 2 aromatic carbocycles. The first-order valence-electron chi connectivity index (χ1n) is 8.87. The number of alkyl halides is 3. The lowest BCUT2D eigenvalue weighted by molar-refractivity contribution is -0.274. The van der Waals surface area contributed by atoms with Crippen LogP contribution >= 0.6 is 0 Å². The zero-order valence-electron chi connectivity index (χ0n) is 16.1. The Morgan fingerprint density at radius 2 is 1.73 bits per heavy atom. The van der Waals surface area contributed by atoms with Gasteiger partial charge in [-0.3, -0.25) is 0 Å². The fourth-order valence-corrected chi connectivity index (χ4v) is 2.60. The molecule has 0 spiro atoms. The molecule has 0 unspecified atom stereocenters. The van der Waals surface area contributed by atoms with Crippen LogP contribution in [0.4, 0.5) is 29.6 Å². The normalized spacial score (nSPS) is 11.4. The lowest BCUT2D eigenvalue weighted by Crippen LogP contribution is -2.19. The third-order valence-electron chi connectivity index (χ3n) is 3.75. The van der Waals surface area contributed by atoms with Crippen LogP contribution in [0.3, 0.4) is 0 Å².